The lowest BCUT2D eigenvalue weighted by Crippen LogP contribution is -2.51. The standard InChI is InChI=1S/C20H26N4OS2/c1-11(2)20(5,10-21)24-17(25)12(3)26-18-16-14-8-6-7-9-15(14)27-19(16)23-13(4)22-18/h11-12H,6-9H2,1-5H3,(H,24,25)/t12-,20-/m0/s1. The first-order chi connectivity index (χ1) is 12.7. The molecule has 2 aromatic heterocycles. The molecule has 1 aliphatic carbocycles. The number of thioether (sulfide) groups is 1. The third kappa shape index (κ3) is 3.97. The van der Waals surface area contributed by atoms with Crippen LogP contribution in [0.4, 0.5) is 0 Å². The third-order valence-electron chi connectivity index (χ3n) is 5.32. The fourth-order valence-corrected chi connectivity index (χ4v) is 5.59. The largest absolute Gasteiger partial charge is 0.337 e. The molecule has 3 rings (SSSR count). The highest BCUT2D eigenvalue weighted by molar-refractivity contribution is 8.00. The molecule has 0 spiro atoms. The first-order valence-electron chi connectivity index (χ1n) is 9.44. The molecule has 0 unspecified atom stereocenters. The van der Waals surface area contributed by atoms with Crippen molar-refractivity contribution in [3.05, 3.63) is 16.3 Å². The van der Waals surface area contributed by atoms with Gasteiger partial charge in [0, 0.05) is 10.3 Å². The van der Waals surface area contributed by atoms with Crippen molar-refractivity contribution in [2.45, 2.75) is 76.1 Å². The second kappa shape index (κ2) is 7.76. The summed E-state index contributed by atoms with van der Waals surface area (Å²) in [6, 6.07) is 2.24. The quantitative estimate of drug-likeness (QED) is 0.592. The number of thiophene rings is 1. The number of amides is 1. The van der Waals surface area contributed by atoms with Gasteiger partial charge in [0.05, 0.1) is 11.3 Å². The van der Waals surface area contributed by atoms with Gasteiger partial charge in [-0.1, -0.05) is 25.6 Å². The van der Waals surface area contributed by atoms with Gasteiger partial charge in [-0.15, -0.1) is 11.3 Å². The Bertz CT molecular complexity index is 915. The Hall–Kier alpha value is -1.65. The van der Waals surface area contributed by atoms with E-state index in [4.69, 9.17) is 0 Å². The van der Waals surface area contributed by atoms with Crippen LogP contribution in [0.2, 0.25) is 0 Å². The lowest BCUT2D eigenvalue weighted by atomic mass is 9.90. The number of aryl methyl sites for hydroxylation is 3. The van der Waals surface area contributed by atoms with E-state index in [2.05, 4.69) is 21.4 Å². The van der Waals surface area contributed by atoms with Gasteiger partial charge in [-0.05, 0) is 57.9 Å². The van der Waals surface area contributed by atoms with E-state index < -0.39 is 5.54 Å². The summed E-state index contributed by atoms with van der Waals surface area (Å²) in [5, 5.41) is 14.1. The van der Waals surface area contributed by atoms with Crippen molar-refractivity contribution in [3.63, 3.8) is 0 Å². The topological polar surface area (TPSA) is 78.7 Å². The van der Waals surface area contributed by atoms with E-state index >= 15 is 0 Å². The number of nitrogens with one attached hydrogen (secondary N) is 1. The number of carbonyl (C=O) groups is 1. The average Bonchev–Trinajstić information content (AvgIpc) is 2.99. The Kier molecular flexibility index (Phi) is 5.78. The molecule has 0 aliphatic heterocycles. The molecular formula is C20H26N4OS2. The SMILES string of the molecule is Cc1nc(S[C@@H](C)C(=O)N[C@@](C)(C#N)C(C)C)c2c3c(sc2n1)CCCC3. The van der Waals surface area contributed by atoms with Crippen LogP contribution in [-0.4, -0.2) is 26.7 Å². The van der Waals surface area contributed by atoms with E-state index in [1.165, 1.54) is 35.0 Å². The summed E-state index contributed by atoms with van der Waals surface area (Å²) in [7, 11) is 0. The number of nitrogens with zero attached hydrogens (tertiary/aromatic N) is 3. The van der Waals surface area contributed by atoms with Gasteiger partial charge in [-0.2, -0.15) is 5.26 Å². The van der Waals surface area contributed by atoms with Crippen LogP contribution in [0.3, 0.4) is 0 Å². The van der Waals surface area contributed by atoms with Crippen molar-refractivity contribution in [2.75, 3.05) is 0 Å². The molecule has 27 heavy (non-hydrogen) atoms. The smallest absolute Gasteiger partial charge is 0.234 e. The van der Waals surface area contributed by atoms with Gasteiger partial charge in [-0.3, -0.25) is 4.79 Å². The van der Waals surface area contributed by atoms with Gasteiger partial charge in [-0.25, -0.2) is 9.97 Å². The molecule has 1 aliphatic rings. The molecule has 1 N–H and O–H groups in total. The lowest BCUT2D eigenvalue weighted by molar-refractivity contribution is -0.121. The molecule has 144 valence electrons. The summed E-state index contributed by atoms with van der Waals surface area (Å²) in [5.74, 6) is 0.632. The molecule has 2 atom stereocenters. The molecule has 2 heterocycles. The van der Waals surface area contributed by atoms with Gasteiger partial charge in [0.2, 0.25) is 5.91 Å². The number of hydrogen-bond donors (Lipinski definition) is 1. The zero-order chi connectivity index (χ0) is 19.8. The van der Waals surface area contributed by atoms with Crippen LogP contribution < -0.4 is 5.32 Å². The fourth-order valence-electron chi connectivity index (χ4n) is 3.19. The summed E-state index contributed by atoms with van der Waals surface area (Å²) in [4.78, 5) is 24.5. The second-order valence-corrected chi connectivity index (χ2v) is 10.1. The normalized spacial score (nSPS) is 17.2. The van der Waals surface area contributed by atoms with E-state index in [1.54, 1.807) is 18.3 Å². The minimum Gasteiger partial charge on any atom is -0.337 e. The molecule has 0 saturated carbocycles. The highest BCUT2D eigenvalue weighted by Gasteiger charge is 2.32. The van der Waals surface area contributed by atoms with E-state index in [1.807, 2.05) is 27.7 Å². The van der Waals surface area contributed by atoms with Crippen LogP contribution in [0.1, 0.15) is 56.8 Å². The molecule has 0 fully saturated rings. The third-order valence-corrected chi connectivity index (χ3v) is 7.59. The highest BCUT2D eigenvalue weighted by Crippen LogP contribution is 2.40. The van der Waals surface area contributed by atoms with Crippen LogP contribution in [0.25, 0.3) is 10.2 Å². The maximum absolute atomic E-state index is 12.8. The van der Waals surface area contributed by atoms with Crippen LogP contribution in [0.5, 0.6) is 0 Å². The Morgan fingerprint density at radius 1 is 1.30 bits per heavy atom. The van der Waals surface area contributed by atoms with E-state index in [0.717, 1.165) is 33.9 Å². The number of fused-ring (bicyclic) bond motifs is 3. The van der Waals surface area contributed by atoms with Crippen molar-refractivity contribution < 1.29 is 4.79 Å². The van der Waals surface area contributed by atoms with Crippen LogP contribution in [-0.2, 0) is 17.6 Å². The summed E-state index contributed by atoms with van der Waals surface area (Å²) >= 11 is 3.24. The maximum atomic E-state index is 12.8. The lowest BCUT2D eigenvalue weighted by Gasteiger charge is -2.28. The van der Waals surface area contributed by atoms with Crippen LogP contribution in [0, 0.1) is 24.2 Å². The number of carbonyl (C=O) groups excluding carboxylic acids is 1. The molecule has 2 aromatic rings. The fraction of sp³-hybridized carbons (Fsp3) is 0.600. The van der Waals surface area contributed by atoms with Gasteiger partial charge in [0.15, 0.2) is 0 Å². The van der Waals surface area contributed by atoms with Crippen LogP contribution in [0.15, 0.2) is 5.03 Å². The van der Waals surface area contributed by atoms with Crippen molar-refractivity contribution >= 4 is 39.2 Å². The monoisotopic (exact) mass is 402 g/mol. The van der Waals surface area contributed by atoms with Crippen molar-refractivity contribution in [3.8, 4) is 6.07 Å². The molecule has 0 bridgehead atoms. The minimum atomic E-state index is -0.871. The summed E-state index contributed by atoms with van der Waals surface area (Å²) in [6.07, 6.45) is 4.61. The summed E-state index contributed by atoms with van der Waals surface area (Å²) < 4.78 is 0. The molecule has 0 radical (unpaired) electrons. The van der Waals surface area contributed by atoms with Crippen molar-refractivity contribution in [2.24, 2.45) is 5.92 Å². The molecule has 0 aromatic carbocycles. The number of aromatic nitrogens is 2. The van der Waals surface area contributed by atoms with E-state index in [9.17, 15) is 10.1 Å². The van der Waals surface area contributed by atoms with E-state index in [-0.39, 0.29) is 17.1 Å². The molecule has 0 saturated heterocycles. The highest BCUT2D eigenvalue weighted by atomic mass is 32.2. The minimum absolute atomic E-state index is 0.0283. The summed E-state index contributed by atoms with van der Waals surface area (Å²) in [5.41, 5.74) is 0.505. The van der Waals surface area contributed by atoms with Gasteiger partial charge in [0.25, 0.3) is 0 Å². The molecule has 5 nitrogen and oxygen atoms in total. The molecule has 7 heteroatoms. The van der Waals surface area contributed by atoms with Crippen molar-refractivity contribution in [1.29, 1.82) is 5.26 Å². The summed E-state index contributed by atoms with van der Waals surface area (Å²) in [6.45, 7) is 9.43. The van der Waals surface area contributed by atoms with Crippen molar-refractivity contribution in [1.82, 2.24) is 15.3 Å². The second-order valence-electron chi connectivity index (χ2n) is 7.69. The zero-order valence-electron chi connectivity index (χ0n) is 16.5. The Morgan fingerprint density at radius 2 is 2.00 bits per heavy atom. The zero-order valence-corrected chi connectivity index (χ0v) is 18.2. The average molecular weight is 403 g/mol. The van der Waals surface area contributed by atoms with Crippen LogP contribution >= 0.6 is 23.1 Å². The first-order valence-corrected chi connectivity index (χ1v) is 11.1. The predicted molar refractivity (Wildman–Crippen MR) is 111 cm³/mol. The predicted octanol–water partition coefficient (Wildman–Crippen LogP) is 4.41. The molecular weight excluding hydrogens is 376 g/mol. The van der Waals surface area contributed by atoms with E-state index in [0.29, 0.717) is 0 Å². The number of rotatable bonds is 5. The number of nitriles is 1. The number of hydrogen-bond acceptors (Lipinski definition) is 6. The Morgan fingerprint density at radius 3 is 2.67 bits per heavy atom. The van der Waals surface area contributed by atoms with Gasteiger partial charge >= 0.3 is 0 Å². The van der Waals surface area contributed by atoms with Gasteiger partial charge in [0.1, 0.15) is 21.2 Å². The van der Waals surface area contributed by atoms with Gasteiger partial charge < -0.3 is 5.32 Å². The maximum Gasteiger partial charge on any atom is 0.234 e. The Balaban J connectivity index is 1.89. The first kappa shape index (κ1) is 20.1. The molecule has 1 amide bonds. The Labute approximate surface area is 169 Å².